The number of thiol groups is 1. The molecule has 0 radical (unpaired) electrons. The van der Waals surface area contributed by atoms with Gasteiger partial charge in [0.05, 0.1) is 23.7 Å². The summed E-state index contributed by atoms with van der Waals surface area (Å²) in [5, 5.41) is 5.94. The summed E-state index contributed by atoms with van der Waals surface area (Å²) in [5.74, 6) is -2.13. The number of amides is 2. The summed E-state index contributed by atoms with van der Waals surface area (Å²) < 4.78 is 23.3. The van der Waals surface area contributed by atoms with Crippen LogP contribution in [0.4, 0.5) is 0 Å². The molecule has 0 unspecified atom stereocenters. The zero-order valence-electron chi connectivity index (χ0n) is 33.5. The third-order valence-corrected chi connectivity index (χ3v) is 10.1. The molecule has 0 saturated carbocycles. The fourth-order valence-electron chi connectivity index (χ4n) is 6.66. The van der Waals surface area contributed by atoms with Crippen LogP contribution in [-0.4, -0.2) is 85.0 Å². The fourth-order valence-corrected chi connectivity index (χ4v) is 7.18. The topological polar surface area (TPSA) is 136 Å². The second-order valence-corrected chi connectivity index (χ2v) is 18.2. The lowest BCUT2D eigenvalue weighted by molar-refractivity contribution is -0.179. The molecular formula is C42H58ClN3O8S. The zero-order chi connectivity index (χ0) is 40.7. The number of rotatable bonds is 12. The van der Waals surface area contributed by atoms with Crippen LogP contribution in [0.25, 0.3) is 0 Å². The highest BCUT2D eigenvalue weighted by atomic mass is 35.5. The summed E-state index contributed by atoms with van der Waals surface area (Å²) in [6.07, 6.45) is 1.19. The first-order valence-electron chi connectivity index (χ1n) is 18.9. The molecule has 0 aromatic heterocycles. The average molecular weight is 800 g/mol. The molecule has 302 valence electrons. The summed E-state index contributed by atoms with van der Waals surface area (Å²) >= 11 is 11.0. The monoisotopic (exact) mass is 799 g/mol. The number of carbonyl (C=O) groups excluding carboxylic acids is 4. The molecule has 2 N–H and O–H groups in total. The molecule has 13 heteroatoms. The second kappa shape index (κ2) is 19.0. The summed E-state index contributed by atoms with van der Waals surface area (Å²) in [7, 11) is 3.58. The van der Waals surface area contributed by atoms with Crippen molar-refractivity contribution in [2.75, 3.05) is 27.2 Å². The van der Waals surface area contributed by atoms with E-state index in [4.69, 9.17) is 30.5 Å². The van der Waals surface area contributed by atoms with Gasteiger partial charge < -0.3 is 34.5 Å². The average Bonchev–Trinajstić information content (AvgIpc) is 3.89. The number of halogens is 1. The van der Waals surface area contributed by atoms with E-state index in [2.05, 4.69) is 73.3 Å². The molecule has 6 atom stereocenters. The molecule has 0 aliphatic carbocycles. The highest BCUT2D eigenvalue weighted by Crippen LogP contribution is 2.45. The van der Waals surface area contributed by atoms with Crippen molar-refractivity contribution in [3.63, 3.8) is 0 Å². The van der Waals surface area contributed by atoms with Crippen LogP contribution >= 0.6 is 24.2 Å². The molecule has 2 amide bonds. The molecule has 4 rings (SSSR count). The van der Waals surface area contributed by atoms with Gasteiger partial charge in [-0.1, -0.05) is 68.8 Å². The summed E-state index contributed by atoms with van der Waals surface area (Å²) in [5.41, 5.74) is 1.67. The molecule has 0 spiro atoms. The number of epoxide rings is 1. The van der Waals surface area contributed by atoms with Gasteiger partial charge >= 0.3 is 11.9 Å². The van der Waals surface area contributed by atoms with Crippen LogP contribution in [0.15, 0.2) is 54.6 Å². The Labute approximate surface area is 336 Å². The number of hydrogen-bond acceptors (Lipinski definition) is 10. The van der Waals surface area contributed by atoms with Crippen LogP contribution in [0.1, 0.15) is 84.1 Å². The Bertz CT molecular complexity index is 1690. The van der Waals surface area contributed by atoms with Gasteiger partial charge in [-0.15, -0.1) is 0 Å². The van der Waals surface area contributed by atoms with E-state index in [9.17, 15) is 19.2 Å². The normalized spacial score (nSPS) is 25.1. The first-order valence-corrected chi connectivity index (χ1v) is 19.7. The highest BCUT2D eigenvalue weighted by molar-refractivity contribution is 7.81. The fraction of sp³-hybridized carbons (Fsp3) is 0.571. The Kier molecular flexibility index (Phi) is 15.3. The number of methoxy groups -OCH3 is 1. The van der Waals surface area contributed by atoms with E-state index in [0.717, 1.165) is 18.7 Å². The van der Waals surface area contributed by atoms with Gasteiger partial charge in [0.1, 0.15) is 24.0 Å². The molecule has 55 heavy (non-hydrogen) atoms. The molecule has 0 bridgehead atoms. The number of hydrogen-bond donors (Lipinski definition) is 3. The first-order chi connectivity index (χ1) is 25.8. The van der Waals surface area contributed by atoms with Gasteiger partial charge in [-0.05, 0) is 82.0 Å². The van der Waals surface area contributed by atoms with Gasteiger partial charge in [0, 0.05) is 43.1 Å². The van der Waals surface area contributed by atoms with Gasteiger partial charge in [0.2, 0.25) is 11.8 Å². The van der Waals surface area contributed by atoms with Crippen molar-refractivity contribution in [3.8, 4) is 5.75 Å². The van der Waals surface area contributed by atoms with E-state index >= 15 is 0 Å². The minimum atomic E-state index is -1.21. The van der Waals surface area contributed by atoms with Crippen LogP contribution in [-0.2, 0) is 46.4 Å². The molecule has 2 aliphatic heterocycles. The Morgan fingerprint density at radius 3 is 2.33 bits per heavy atom. The Balaban J connectivity index is 1.56. The quantitative estimate of drug-likeness (QED) is 0.129. The van der Waals surface area contributed by atoms with E-state index in [0.29, 0.717) is 16.3 Å². The lowest BCUT2D eigenvalue weighted by Gasteiger charge is -2.29. The minimum Gasteiger partial charge on any atom is -0.495 e. The number of carbonyl (C=O) groups is 4. The van der Waals surface area contributed by atoms with Gasteiger partial charge in [0.15, 0.2) is 6.10 Å². The van der Waals surface area contributed by atoms with Gasteiger partial charge in [-0.2, -0.15) is 12.6 Å². The van der Waals surface area contributed by atoms with Crippen LogP contribution in [0.2, 0.25) is 5.02 Å². The Hall–Kier alpha value is -3.58. The molecule has 11 nitrogen and oxygen atoms in total. The van der Waals surface area contributed by atoms with Crippen molar-refractivity contribution < 1.29 is 38.1 Å². The second-order valence-electron chi connectivity index (χ2n) is 16.6. The molecular weight excluding hydrogens is 742 g/mol. The summed E-state index contributed by atoms with van der Waals surface area (Å²) in [4.78, 5) is 56.4. The van der Waals surface area contributed by atoms with Crippen LogP contribution in [0.5, 0.6) is 5.75 Å². The molecule has 2 aromatic rings. The van der Waals surface area contributed by atoms with Crippen molar-refractivity contribution in [3.05, 3.63) is 76.3 Å². The van der Waals surface area contributed by atoms with Crippen molar-refractivity contribution >= 4 is 48.0 Å². The number of nitrogens with one attached hydrogen (secondary N) is 2. The van der Waals surface area contributed by atoms with Crippen molar-refractivity contribution in [1.29, 1.82) is 0 Å². The molecule has 2 aromatic carbocycles. The largest absolute Gasteiger partial charge is 0.495 e. The van der Waals surface area contributed by atoms with Crippen molar-refractivity contribution in [2.24, 2.45) is 17.3 Å². The third kappa shape index (κ3) is 13.3. The van der Waals surface area contributed by atoms with Gasteiger partial charge in [0.25, 0.3) is 0 Å². The van der Waals surface area contributed by atoms with Crippen molar-refractivity contribution in [2.45, 2.75) is 109 Å². The lowest BCUT2D eigenvalue weighted by Crippen LogP contribution is -2.51. The van der Waals surface area contributed by atoms with E-state index < -0.39 is 47.4 Å². The van der Waals surface area contributed by atoms with E-state index in [1.165, 1.54) is 18.7 Å². The summed E-state index contributed by atoms with van der Waals surface area (Å²) in [6, 6.07) is 12.5. The number of cyclic esters (lactones) is 2. The first kappa shape index (κ1) is 44.1. The van der Waals surface area contributed by atoms with E-state index in [-0.39, 0.29) is 54.6 Å². The lowest BCUT2D eigenvalue weighted by atomic mass is 9.92. The third-order valence-electron chi connectivity index (χ3n) is 9.70. The predicted octanol–water partition coefficient (Wildman–Crippen LogP) is 6.26. The molecule has 1 fully saturated rings. The number of nitrogens with zero attached hydrogens (tertiary/aromatic N) is 1. The van der Waals surface area contributed by atoms with Gasteiger partial charge in [-0.3, -0.25) is 14.4 Å². The summed E-state index contributed by atoms with van der Waals surface area (Å²) in [6.45, 7) is 14.7. The van der Waals surface area contributed by atoms with E-state index in [1.807, 2.05) is 20.8 Å². The SMILES string of the molecule is COc1ccc(C[C@H]2NC(=O)/C=C\C[C@@H]([C@H](C)[C@H]3O[C@@H]3c3ccc(CN(C)CC(C)(C)S)cc3)OC(=O)[C@H](CC(C)C)OC(=O)C(C)(C)CNC2=O)cc1Cl. The smallest absolute Gasteiger partial charge is 0.347 e. The van der Waals surface area contributed by atoms with Crippen LogP contribution in [0, 0.1) is 17.3 Å². The molecule has 2 aliphatic rings. The van der Waals surface area contributed by atoms with E-state index in [1.54, 1.807) is 38.1 Å². The standard InChI is InChI=1S/C42H58ClN3O8S/c1-25(2)19-34-39(49)52-32(26(3)36-37(54-36)29-16-13-27(14-17-29)22-46(8)24-42(6,7)55)11-10-12-35(47)45-31(21-28-15-18-33(51-9)30(43)20-28)38(48)44-23-41(4,5)40(50)53-34/h10,12-18,20,25-26,31-32,34,36-37,55H,11,19,21-24H2,1-9H3,(H,44,48)(H,45,47)/b12-10-/t26-,31+,32-,34-,36+,37+/m0/s1. The Morgan fingerprint density at radius 2 is 1.71 bits per heavy atom. The number of ether oxygens (including phenoxy) is 4. The predicted molar refractivity (Wildman–Crippen MR) is 216 cm³/mol. The van der Waals surface area contributed by atoms with Gasteiger partial charge in [-0.25, -0.2) is 4.79 Å². The van der Waals surface area contributed by atoms with Crippen LogP contribution in [0.3, 0.4) is 0 Å². The maximum absolute atomic E-state index is 13.8. The molecule has 2 heterocycles. The van der Waals surface area contributed by atoms with Crippen molar-refractivity contribution in [1.82, 2.24) is 15.5 Å². The number of benzene rings is 2. The van der Waals surface area contributed by atoms with Crippen LogP contribution < -0.4 is 15.4 Å². The molecule has 1 saturated heterocycles. The highest BCUT2D eigenvalue weighted by Gasteiger charge is 2.48. The minimum absolute atomic E-state index is 0.00809. The maximum Gasteiger partial charge on any atom is 0.347 e. The Morgan fingerprint density at radius 1 is 1.04 bits per heavy atom. The zero-order valence-corrected chi connectivity index (χ0v) is 35.2. The maximum atomic E-state index is 13.8. The number of esters is 2.